The molecule has 12 atom stereocenters. The molecular weight excluding hydrogens is 816 g/mol. The first-order chi connectivity index (χ1) is 26.5. The van der Waals surface area contributed by atoms with Crippen LogP contribution in [-0.2, 0) is 79.6 Å². The maximum atomic E-state index is 13.4. The highest BCUT2D eigenvalue weighted by Crippen LogP contribution is 2.62. The number of esters is 5. The van der Waals surface area contributed by atoms with E-state index in [1.807, 2.05) is 0 Å². The summed E-state index contributed by atoms with van der Waals surface area (Å²) in [4.78, 5) is 93.6. The Morgan fingerprint density at radius 1 is 0.895 bits per heavy atom. The Morgan fingerprint density at radius 3 is 2.09 bits per heavy atom. The van der Waals surface area contributed by atoms with Gasteiger partial charge >= 0.3 is 45.5 Å². The Balaban J connectivity index is 1.61. The number of aromatic nitrogens is 4. The summed E-state index contributed by atoms with van der Waals surface area (Å²) in [6, 6.07) is 0. The molecule has 28 heteroatoms. The number of nitrogen functional groups attached to an aromatic ring is 1. The van der Waals surface area contributed by atoms with Crippen molar-refractivity contribution < 1.29 is 99.6 Å². The zero-order chi connectivity index (χ0) is 42.6. The molecule has 318 valence electrons. The van der Waals surface area contributed by atoms with Crippen molar-refractivity contribution in [3.8, 4) is 0 Å². The van der Waals surface area contributed by atoms with Crippen molar-refractivity contribution in [3.05, 3.63) is 12.7 Å². The number of carbonyl (C=O) groups excluding carboxylic acids is 5. The van der Waals surface area contributed by atoms with Crippen molar-refractivity contribution in [2.45, 2.75) is 109 Å². The summed E-state index contributed by atoms with van der Waals surface area (Å²) in [6.07, 6.45) is -14.9. The van der Waals surface area contributed by atoms with Crippen LogP contribution in [0.15, 0.2) is 12.7 Å². The van der Waals surface area contributed by atoms with E-state index in [9.17, 15) is 53.1 Å². The lowest BCUT2D eigenvalue weighted by molar-refractivity contribution is -0.301. The maximum Gasteiger partial charge on any atom is 0.483 e. The number of phosphoric acid groups is 2. The second-order valence-corrected chi connectivity index (χ2v) is 15.5. The number of rotatable bonds is 16. The normalized spacial score (nSPS) is 30.0. The molecule has 0 aliphatic carbocycles. The van der Waals surface area contributed by atoms with Crippen molar-refractivity contribution >= 4 is 62.5 Å². The van der Waals surface area contributed by atoms with E-state index in [0.29, 0.717) is 0 Å². The molecule has 6 N–H and O–H groups in total. The third-order valence-electron chi connectivity index (χ3n) is 8.26. The summed E-state index contributed by atoms with van der Waals surface area (Å²) in [5.74, 6) is -5.18. The number of hydrogen-bond donors (Lipinski definition) is 5. The molecule has 2 fully saturated rings. The average molecular weight is 858 g/mol. The number of hydrogen-bond acceptors (Lipinski definition) is 23. The summed E-state index contributed by atoms with van der Waals surface area (Å²) in [5.41, 5.74) is 4.08. The van der Waals surface area contributed by atoms with Gasteiger partial charge in [-0.25, -0.2) is 24.1 Å². The van der Waals surface area contributed by atoms with Crippen LogP contribution >= 0.6 is 15.6 Å². The Hall–Kier alpha value is -4.20. The molecule has 4 heterocycles. The summed E-state index contributed by atoms with van der Waals surface area (Å²) in [5, 5.41) is 22.0. The van der Waals surface area contributed by atoms with E-state index in [1.165, 1.54) is 17.8 Å². The molecular formula is C29H41N5O21P2. The number of anilines is 1. The van der Waals surface area contributed by atoms with Crippen molar-refractivity contribution in [2.24, 2.45) is 0 Å². The number of nitrogens with zero attached hydrogens (tertiary/aromatic N) is 4. The molecule has 0 spiro atoms. The SMILES string of the molecule is CCC1(COP(=O)(O)OP(=O)(O)OC2OC([C@@H](COC(C)=O)OC(C)=O)C(OC(C)=O)C(OC(C)=O)C2OC(C)=O)OC(n2cnc3c(N)ncnc32)C(O)[C@H]1O. The summed E-state index contributed by atoms with van der Waals surface area (Å²) >= 11 is 0. The van der Waals surface area contributed by atoms with Gasteiger partial charge in [0.1, 0.15) is 42.4 Å². The van der Waals surface area contributed by atoms with Crippen LogP contribution in [0.5, 0.6) is 0 Å². The monoisotopic (exact) mass is 857 g/mol. The second-order valence-electron chi connectivity index (χ2n) is 12.5. The van der Waals surface area contributed by atoms with Crippen LogP contribution in [0, 0.1) is 0 Å². The van der Waals surface area contributed by atoms with E-state index in [4.69, 9.17) is 47.9 Å². The van der Waals surface area contributed by atoms with Gasteiger partial charge in [-0.1, -0.05) is 6.92 Å². The Kier molecular flexibility index (Phi) is 14.5. The van der Waals surface area contributed by atoms with Crippen LogP contribution in [0.3, 0.4) is 0 Å². The Bertz CT molecular complexity index is 1930. The lowest BCUT2D eigenvalue weighted by Gasteiger charge is -2.45. The second kappa shape index (κ2) is 18.2. The van der Waals surface area contributed by atoms with Gasteiger partial charge < -0.3 is 58.9 Å². The minimum Gasteiger partial charge on any atom is -0.462 e. The van der Waals surface area contributed by atoms with E-state index in [0.717, 1.165) is 40.9 Å². The fraction of sp³-hybridized carbons (Fsp3) is 0.655. The zero-order valence-corrected chi connectivity index (χ0v) is 32.8. The molecule has 2 aromatic rings. The first kappa shape index (κ1) is 45.5. The smallest absolute Gasteiger partial charge is 0.462 e. The summed E-state index contributed by atoms with van der Waals surface area (Å²) in [6.45, 7) is 4.16. The van der Waals surface area contributed by atoms with E-state index in [2.05, 4.69) is 19.3 Å². The van der Waals surface area contributed by atoms with Gasteiger partial charge in [-0.15, -0.1) is 0 Å². The average Bonchev–Trinajstić information content (AvgIpc) is 3.62. The minimum atomic E-state index is -5.98. The highest BCUT2D eigenvalue weighted by atomic mass is 31.3. The molecule has 0 saturated carbocycles. The first-order valence-corrected chi connectivity index (χ1v) is 19.6. The van der Waals surface area contributed by atoms with Crippen molar-refractivity contribution in [2.75, 3.05) is 18.9 Å². The fourth-order valence-electron chi connectivity index (χ4n) is 5.93. The quantitative estimate of drug-likeness (QED) is 0.0773. The van der Waals surface area contributed by atoms with E-state index in [1.54, 1.807) is 0 Å². The lowest BCUT2D eigenvalue weighted by atomic mass is 9.93. The van der Waals surface area contributed by atoms with E-state index in [-0.39, 0.29) is 23.4 Å². The van der Waals surface area contributed by atoms with Crippen LogP contribution in [0.1, 0.15) is 54.2 Å². The molecule has 0 aromatic carbocycles. The molecule has 4 rings (SSSR count). The number of ether oxygens (including phenoxy) is 7. The number of aliphatic hydroxyl groups excluding tert-OH is 2. The van der Waals surface area contributed by atoms with Crippen molar-refractivity contribution in [1.29, 1.82) is 0 Å². The van der Waals surface area contributed by atoms with Gasteiger partial charge in [-0.3, -0.25) is 37.6 Å². The molecule has 2 aliphatic rings. The van der Waals surface area contributed by atoms with Gasteiger partial charge in [0.2, 0.25) is 6.29 Å². The number of phosphoric ester groups is 2. The molecule has 26 nitrogen and oxygen atoms in total. The van der Waals surface area contributed by atoms with E-state index >= 15 is 0 Å². The number of imidazole rings is 1. The Morgan fingerprint density at radius 2 is 1.51 bits per heavy atom. The van der Waals surface area contributed by atoms with Crippen molar-refractivity contribution in [3.63, 3.8) is 0 Å². The van der Waals surface area contributed by atoms with Gasteiger partial charge in [0.05, 0.1) is 12.9 Å². The van der Waals surface area contributed by atoms with Gasteiger partial charge in [-0.2, -0.15) is 4.31 Å². The molecule has 2 aliphatic heterocycles. The van der Waals surface area contributed by atoms with Crippen LogP contribution in [0.4, 0.5) is 5.82 Å². The molecule has 57 heavy (non-hydrogen) atoms. The standard InChI is InChI=1S/C29H41N5O21P2/c1-7-29(24(41)19(40)27(53-29)34-11-33-18-25(30)31-10-32-26(18)34)9-47-56(42,43)55-57(44,45)54-28-23(51-16(6)39)22(50-15(5)38)21(49-14(4)37)20(52-28)17(48-13(3)36)8-46-12(2)35/h10-11,17,19-24,27-28,40-41H,7-9H2,1-6H3,(H,42,43)(H,44,45)(H2,30,31,32)/t17-,19?,20?,21?,22?,23?,24-,27?,28?,29?/m1/s1. The zero-order valence-electron chi connectivity index (χ0n) is 31.0. The molecule has 0 radical (unpaired) electrons. The molecule has 0 bridgehead atoms. The van der Waals surface area contributed by atoms with Crippen LogP contribution in [0.25, 0.3) is 11.2 Å². The molecule has 2 aromatic heterocycles. The molecule has 0 amide bonds. The topological polar surface area (TPSA) is 362 Å². The predicted molar refractivity (Wildman–Crippen MR) is 180 cm³/mol. The summed E-state index contributed by atoms with van der Waals surface area (Å²) < 4.78 is 79.7. The van der Waals surface area contributed by atoms with Crippen LogP contribution in [0.2, 0.25) is 0 Å². The van der Waals surface area contributed by atoms with Gasteiger partial charge in [0.25, 0.3) is 0 Å². The number of nitrogens with two attached hydrogens (primary N) is 1. The summed E-state index contributed by atoms with van der Waals surface area (Å²) in [7, 11) is -11.7. The third kappa shape index (κ3) is 11.1. The van der Waals surface area contributed by atoms with Crippen LogP contribution < -0.4 is 5.73 Å². The number of fused-ring (bicyclic) bond motifs is 1. The van der Waals surface area contributed by atoms with E-state index < -0.39 is 120 Å². The van der Waals surface area contributed by atoms with Gasteiger partial charge in [-0.05, 0) is 6.42 Å². The first-order valence-electron chi connectivity index (χ1n) is 16.6. The largest absolute Gasteiger partial charge is 0.483 e. The highest BCUT2D eigenvalue weighted by Gasteiger charge is 2.59. The lowest BCUT2D eigenvalue weighted by Crippen LogP contribution is -2.65. The third-order valence-corrected chi connectivity index (χ3v) is 10.8. The van der Waals surface area contributed by atoms with Gasteiger partial charge in [0.15, 0.2) is 42.1 Å². The number of aliphatic hydroxyl groups is 2. The Labute approximate surface area is 321 Å². The van der Waals surface area contributed by atoms with Gasteiger partial charge in [0, 0.05) is 34.6 Å². The highest BCUT2D eigenvalue weighted by molar-refractivity contribution is 7.61. The van der Waals surface area contributed by atoms with Crippen LogP contribution in [-0.4, -0.2) is 137 Å². The maximum absolute atomic E-state index is 13.4. The molecule has 2 saturated heterocycles. The molecule has 10 unspecified atom stereocenters. The number of carbonyl (C=O) groups is 5. The predicted octanol–water partition coefficient (Wildman–Crippen LogP) is -0.927. The van der Waals surface area contributed by atoms with Crippen molar-refractivity contribution in [1.82, 2.24) is 19.5 Å². The minimum absolute atomic E-state index is 0.00321. The fourth-order valence-corrected chi connectivity index (χ4v) is 8.13.